The molecule has 0 N–H and O–H groups in total. The summed E-state index contributed by atoms with van der Waals surface area (Å²) in [5.74, 6) is -0.344. The van der Waals surface area contributed by atoms with Crippen molar-refractivity contribution in [3.63, 3.8) is 0 Å². The minimum Gasteiger partial charge on any atom is -0.466 e. The van der Waals surface area contributed by atoms with Gasteiger partial charge in [-0.05, 0) is 49.4 Å². The van der Waals surface area contributed by atoms with E-state index in [2.05, 4.69) is 20.8 Å². The molecule has 2 aromatic rings. The number of esters is 2. The summed E-state index contributed by atoms with van der Waals surface area (Å²) in [6.45, 7) is 12.3. The number of hydrogen-bond donors (Lipinski definition) is 0. The fraction of sp³-hybridized carbons (Fsp3) is 0.391. The second kappa shape index (κ2) is 8.38. The first-order valence-electron chi connectivity index (χ1n) is 9.20. The first kappa shape index (κ1) is 20.7. The van der Waals surface area contributed by atoms with Crippen molar-refractivity contribution in [1.82, 2.24) is 0 Å². The summed E-state index contributed by atoms with van der Waals surface area (Å²) in [6.07, 6.45) is 0.0646. The molecule has 0 atom stereocenters. The van der Waals surface area contributed by atoms with E-state index < -0.39 is 5.97 Å². The van der Waals surface area contributed by atoms with Gasteiger partial charge in [0.1, 0.15) is 5.75 Å². The molecule has 0 aliphatic heterocycles. The fourth-order valence-corrected chi connectivity index (χ4v) is 2.77. The predicted octanol–water partition coefficient (Wildman–Crippen LogP) is 4.93. The van der Waals surface area contributed by atoms with Crippen LogP contribution >= 0.6 is 0 Å². The molecule has 0 amide bonds. The quantitative estimate of drug-likeness (QED) is 0.555. The lowest BCUT2D eigenvalue weighted by molar-refractivity contribution is -0.142. The molecule has 0 aliphatic rings. The highest BCUT2D eigenvalue weighted by Gasteiger charge is 2.22. The van der Waals surface area contributed by atoms with Gasteiger partial charge in [0.15, 0.2) is 0 Å². The van der Waals surface area contributed by atoms with Gasteiger partial charge in [0.05, 0.1) is 18.6 Å². The molecule has 0 spiro atoms. The molecule has 0 aliphatic carbocycles. The van der Waals surface area contributed by atoms with Crippen LogP contribution in [0.3, 0.4) is 0 Å². The maximum atomic E-state index is 12.6. The summed E-state index contributed by atoms with van der Waals surface area (Å²) in [6, 6.07) is 11.1. The molecular weight excluding hydrogens is 340 g/mol. The molecule has 2 rings (SSSR count). The van der Waals surface area contributed by atoms with Crippen LogP contribution in [0.15, 0.2) is 36.4 Å². The molecule has 0 aromatic heterocycles. The van der Waals surface area contributed by atoms with Crippen LogP contribution in [0.1, 0.15) is 60.3 Å². The van der Waals surface area contributed by atoms with Crippen molar-refractivity contribution in [1.29, 1.82) is 0 Å². The molecule has 2 aromatic carbocycles. The Morgan fingerprint density at radius 3 is 2.19 bits per heavy atom. The summed E-state index contributed by atoms with van der Waals surface area (Å²) < 4.78 is 10.8. The van der Waals surface area contributed by atoms with Crippen molar-refractivity contribution in [2.45, 2.75) is 53.4 Å². The zero-order valence-corrected chi connectivity index (χ0v) is 17.0. The molecule has 27 heavy (non-hydrogen) atoms. The SMILES string of the molecule is CCOC(=O)Cc1cc(C(C)(C)C)cc(C)c1OC(=O)c1ccc(C)cc1. The van der Waals surface area contributed by atoms with Gasteiger partial charge in [-0.2, -0.15) is 0 Å². The molecule has 4 heteroatoms. The monoisotopic (exact) mass is 368 g/mol. The lowest BCUT2D eigenvalue weighted by Gasteiger charge is -2.23. The van der Waals surface area contributed by atoms with Gasteiger partial charge in [-0.15, -0.1) is 0 Å². The van der Waals surface area contributed by atoms with Crippen molar-refractivity contribution in [2.24, 2.45) is 0 Å². The molecule has 144 valence electrons. The lowest BCUT2D eigenvalue weighted by atomic mass is 9.84. The number of rotatable bonds is 5. The summed E-state index contributed by atoms with van der Waals surface area (Å²) in [4.78, 5) is 24.7. The zero-order chi connectivity index (χ0) is 20.2. The smallest absolute Gasteiger partial charge is 0.343 e. The van der Waals surface area contributed by atoms with Crippen LogP contribution in [0, 0.1) is 13.8 Å². The van der Waals surface area contributed by atoms with Crippen LogP contribution in [0.4, 0.5) is 0 Å². The Morgan fingerprint density at radius 1 is 1.00 bits per heavy atom. The van der Waals surface area contributed by atoms with Gasteiger partial charge in [0.25, 0.3) is 0 Å². The molecule has 0 bridgehead atoms. The van der Waals surface area contributed by atoms with Gasteiger partial charge < -0.3 is 9.47 Å². The summed E-state index contributed by atoms with van der Waals surface area (Å²) in [5, 5.41) is 0. The van der Waals surface area contributed by atoms with E-state index in [1.165, 1.54) is 0 Å². The summed E-state index contributed by atoms with van der Waals surface area (Å²) in [7, 11) is 0. The maximum Gasteiger partial charge on any atom is 0.343 e. The second-order valence-corrected chi connectivity index (χ2v) is 7.77. The van der Waals surface area contributed by atoms with Crippen molar-refractivity contribution in [3.05, 3.63) is 64.2 Å². The number of aryl methyl sites for hydroxylation is 2. The Hall–Kier alpha value is -2.62. The third-order valence-electron chi connectivity index (χ3n) is 4.34. The third-order valence-corrected chi connectivity index (χ3v) is 4.34. The van der Waals surface area contributed by atoms with Crippen LogP contribution in [-0.2, 0) is 21.4 Å². The standard InChI is InChI=1S/C23H28O4/c1-7-26-20(24)14-18-13-19(23(4,5)6)12-16(3)21(18)27-22(25)17-10-8-15(2)9-11-17/h8-13H,7,14H2,1-6H3. The molecule has 0 unspecified atom stereocenters. The molecule has 4 nitrogen and oxygen atoms in total. The summed E-state index contributed by atoms with van der Waals surface area (Å²) >= 11 is 0. The van der Waals surface area contributed by atoms with E-state index in [0.29, 0.717) is 23.5 Å². The highest BCUT2D eigenvalue weighted by molar-refractivity contribution is 5.91. The van der Waals surface area contributed by atoms with Crippen molar-refractivity contribution in [2.75, 3.05) is 6.61 Å². The Morgan fingerprint density at radius 2 is 1.63 bits per heavy atom. The molecule has 0 radical (unpaired) electrons. The van der Waals surface area contributed by atoms with Gasteiger partial charge >= 0.3 is 11.9 Å². The van der Waals surface area contributed by atoms with Crippen LogP contribution in [0.25, 0.3) is 0 Å². The average molecular weight is 368 g/mol. The van der Waals surface area contributed by atoms with E-state index in [1.807, 2.05) is 38.1 Å². The van der Waals surface area contributed by atoms with Crippen LogP contribution in [0.5, 0.6) is 5.75 Å². The summed E-state index contributed by atoms with van der Waals surface area (Å²) in [5.41, 5.74) is 4.02. The minimum absolute atomic E-state index is 0.0646. The maximum absolute atomic E-state index is 12.6. The average Bonchev–Trinajstić information content (AvgIpc) is 2.57. The van der Waals surface area contributed by atoms with E-state index in [0.717, 1.165) is 16.7 Å². The number of hydrogen-bond acceptors (Lipinski definition) is 4. The Bertz CT molecular complexity index is 827. The number of carbonyl (C=O) groups is 2. The Labute approximate surface area is 161 Å². The number of ether oxygens (including phenoxy) is 2. The number of benzene rings is 2. The lowest BCUT2D eigenvalue weighted by Crippen LogP contribution is -2.17. The zero-order valence-electron chi connectivity index (χ0n) is 17.0. The molecule has 0 heterocycles. The predicted molar refractivity (Wildman–Crippen MR) is 106 cm³/mol. The number of carbonyl (C=O) groups excluding carboxylic acids is 2. The van der Waals surface area contributed by atoms with Crippen LogP contribution < -0.4 is 4.74 Å². The first-order valence-corrected chi connectivity index (χ1v) is 9.20. The highest BCUT2D eigenvalue weighted by Crippen LogP contribution is 2.32. The largest absolute Gasteiger partial charge is 0.466 e. The van der Waals surface area contributed by atoms with Crippen LogP contribution in [-0.4, -0.2) is 18.5 Å². The van der Waals surface area contributed by atoms with E-state index >= 15 is 0 Å². The Kier molecular flexibility index (Phi) is 6.42. The molecule has 0 saturated heterocycles. The van der Waals surface area contributed by atoms with E-state index in [1.54, 1.807) is 19.1 Å². The van der Waals surface area contributed by atoms with E-state index in [-0.39, 0.29) is 17.8 Å². The van der Waals surface area contributed by atoms with E-state index in [9.17, 15) is 9.59 Å². The van der Waals surface area contributed by atoms with Crippen LogP contribution in [0.2, 0.25) is 0 Å². The van der Waals surface area contributed by atoms with Crippen molar-refractivity contribution >= 4 is 11.9 Å². The third kappa shape index (κ3) is 5.43. The van der Waals surface area contributed by atoms with Crippen molar-refractivity contribution in [3.8, 4) is 5.75 Å². The Balaban J connectivity index is 2.41. The van der Waals surface area contributed by atoms with Gasteiger partial charge in [0.2, 0.25) is 0 Å². The van der Waals surface area contributed by atoms with Gasteiger partial charge in [-0.3, -0.25) is 4.79 Å². The van der Waals surface area contributed by atoms with Crippen molar-refractivity contribution < 1.29 is 19.1 Å². The topological polar surface area (TPSA) is 52.6 Å². The second-order valence-electron chi connectivity index (χ2n) is 7.77. The van der Waals surface area contributed by atoms with Gasteiger partial charge in [-0.1, -0.05) is 50.6 Å². The first-order chi connectivity index (χ1) is 12.6. The van der Waals surface area contributed by atoms with E-state index in [4.69, 9.17) is 9.47 Å². The molecule has 0 fully saturated rings. The van der Waals surface area contributed by atoms with Gasteiger partial charge in [0, 0.05) is 5.56 Å². The molecular formula is C23H28O4. The van der Waals surface area contributed by atoms with Gasteiger partial charge in [-0.25, -0.2) is 4.79 Å². The molecule has 0 saturated carbocycles. The fourth-order valence-electron chi connectivity index (χ4n) is 2.77. The normalized spacial score (nSPS) is 11.2. The highest BCUT2D eigenvalue weighted by atomic mass is 16.5. The minimum atomic E-state index is -0.438.